The molecule has 0 saturated carbocycles. The first-order chi connectivity index (χ1) is 21.1. The van der Waals surface area contributed by atoms with Crippen LogP contribution in [-0.4, -0.2) is 79.0 Å². The van der Waals surface area contributed by atoms with Gasteiger partial charge in [-0.2, -0.15) is 0 Å². The number of aryl methyl sites for hydroxylation is 1. The molecule has 0 spiro atoms. The number of nitrogens with one attached hydrogen (secondary N) is 2. The first-order valence-corrected chi connectivity index (χ1v) is 15.5. The summed E-state index contributed by atoms with van der Waals surface area (Å²) in [5.74, 6) is 0.185. The Kier molecular flexibility index (Phi) is 11.4. The zero-order valence-corrected chi connectivity index (χ0v) is 26.2. The van der Waals surface area contributed by atoms with Gasteiger partial charge in [0.25, 0.3) is 5.91 Å². The summed E-state index contributed by atoms with van der Waals surface area (Å²) >= 11 is 0. The molecule has 2 fully saturated rings. The van der Waals surface area contributed by atoms with E-state index in [4.69, 9.17) is 14.2 Å². The van der Waals surface area contributed by atoms with E-state index in [0.717, 1.165) is 18.6 Å². The van der Waals surface area contributed by atoms with Crippen molar-refractivity contribution in [3.63, 3.8) is 0 Å². The molecule has 2 aliphatic heterocycles. The largest absolute Gasteiger partial charge is 0.494 e. The van der Waals surface area contributed by atoms with Crippen molar-refractivity contribution in [2.24, 2.45) is 5.92 Å². The molecule has 10 heteroatoms. The van der Waals surface area contributed by atoms with Crippen molar-refractivity contribution < 1.29 is 33.4 Å². The molecule has 2 N–H and O–H groups in total. The van der Waals surface area contributed by atoms with Gasteiger partial charge in [-0.05, 0) is 76.1 Å². The highest BCUT2D eigenvalue weighted by molar-refractivity contribution is 6.01. The fraction of sp³-hybridized carbons (Fsp3) is 0.529. The predicted octanol–water partition coefficient (Wildman–Crippen LogP) is 3.84. The lowest BCUT2D eigenvalue weighted by Gasteiger charge is -2.25. The highest BCUT2D eigenvalue weighted by Gasteiger charge is 2.50. The van der Waals surface area contributed by atoms with Gasteiger partial charge in [0, 0.05) is 6.54 Å². The topological polar surface area (TPSA) is 127 Å². The van der Waals surface area contributed by atoms with E-state index < -0.39 is 29.5 Å². The van der Waals surface area contributed by atoms with Crippen LogP contribution in [0.5, 0.6) is 11.5 Å². The zero-order valence-electron chi connectivity index (χ0n) is 26.2. The molecule has 0 bridgehead atoms. The number of Topliss-reactive ketones (excluding diaryl/α,β-unsaturated/α-hetero) is 1. The molecule has 3 unspecified atom stereocenters. The van der Waals surface area contributed by atoms with Crippen molar-refractivity contribution in [1.82, 2.24) is 15.5 Å². The maximum atomic E-state index is 13.6. The molecule has 0 aromatic heterocycles. The second kappa shape index (κ2) is 15.2. The number of unbranched alkanes of at least 4 members (excludes halogenated alkanes) is 1. The maximum absolute atomic E-state index is 13.6. The number of ketones is 1. The van der Waals surface area contributed by atoms with E-state index >= 15 is 0 Å². The van der Waals surface area contributed by atoms with E-state index in [9.17, 15) is 19.2 Å². The van der Waals surface area contributed by atoms with E-state index in [1.165, 1.54) is 5.56 Å². The second-order valence-electron chi connectivity index (χ2n) is 12.2. The number of rotatable bonds is 16. The third-order valence-corrected chi connectivity index (χ3v) is 7.90. The van der Waals surface area contributed by atoms with Gasteiger partial charge in [-0.1, -0.05) is 43.7 Å². The Hall–Kier alpha value is -3.92. The third-order valence-electron chi connectivity index (χ3n) is 7.90. The average Bonchev–Trinajstić information content (AvgIpc) is 3.56. The third kappa shape index (κ3) is 9.05. The highest BCUT2D eigenvalue weighted by Crippen LogP contribution is 2.30. The molecule has 3 amide bonds. The van der Waals surface area contributed by atoms with Crippen LogP contribution in [0.25, 0.3) is 0 Å². The number of likely N-dealkylation sites (tertiary alicyclic amines) is 1. The molecule has 3 atom stereocenters. The lowest BCUT2D eigenvalue weighted by Crippen LogP contribution is -2.51. The monoisotopic (exact) mass is 607 g/mol. The van der Waals surface area contributed by atoms with Crippen LogP contribution < -0.4 is 20.1 Å². The van der Waals surface area contributed by atoms with Crippen LogP contribution in [0.3, 0.4) is 0 Å². The van der Waals surface area contributed by atoms with Gasteiger partial charge in [-0.25, -0.2) is 0 Å². The van der Waals surface area contributed by atoms with E-state index in [2.05, 4.69) is 10.6 Å². The first kappa shape index (κ1) is 33.0. The predicted molar refractivity (Wildman–Crippen MR) is 166 cm³/mol. The molecular weight excluding hydrogens is 562 g/mol. The van der Waals surface area contributed by atoms with Crippen LogP contribution in [0.4, 0.5) is 0 Å². The number of benzene rings is 2. The summed E-state index contributed by atoms with van der Waals surface area (Å²) < 4.78 is 17.0. The summed E-state index contributed by atoms with van der Waals surface area (Å²) in [7, 11) is 0. The molecule has 44 heavy (non-hydrogen) atoms. The van der Waals surface area contributed by atoms with Crippen molar-refractivity contribution >= 4 is 23.5 Å². The van der Waals surface area contributed by atoms with Crippen molar-refractivity contribution in [2.45, 2.75) is 77.5 Å². The number of amides is 3. The normalized spacial score (nSPS) is 19.8. The van der Waals surface area contributed by atoms with Gasteiger partial charge in [0.15, 0.2) is 5.78 Å². The highest BCUT2D eigenvalue weighted by atomic mass is 16.6. The molecule has 4 rings (SSSR count). The van der Waals surface area contributed by atoms with Gasteiger partial charge in [-0.15, -0.1) is 0 Å². The quantitative estimate of drug-likeness (QED) is 0.219. The van der Waals surface area contributed by atoms with E-state index in [-0.39, 0.29) is 24.2 Å². The smallest absolute Gasteiger partial charge is 0.258 e. The van der Waals surface area contributed by atoms with Gasteiger partial charge in [0.1, 0.15) is 23.1 Å². The fourth-order valence-corrected chi connectivity index (χ4v) is 5.27. The number of carbonyl (C=O) groups excluding carboxylic acids is 4. The molecule has 2 aliphatic rings. The van der Waals surface area contributed by atoms with Gasteiger partial charge >= 0.3 is 0 Å². The van der Waals surface area contributed by atoms with Crippen LogP contribution in [0.1, 0.15) is 68.8 Å². The lowest BCUT2D eigenvalue weighted by molar-refractivity contribution is -0.131. The number of para-hydroxylation sites is 1. The first-order valence-electron chi connectivity index (χ1n) is 15.5. The minimum atomic E-state index is -0.850. The Morgan fingerprint density at radius 2 is 1.70 bits per heavy atom. The molecular formula is C34H45N3O7. The van der Waals surface area contributed by atoms with Crippen molar-refractivity contribution in [1.29, 1.82) is 0 Å². The molecule has 10 nitrogen and oxygen atoms in total. The number of hydrogen-bond acceptors (Lipinski definition) is 7. The van der Waals surface area contributed by atoms with Crippen LogP contribution in [0.15, 0.2) is 48.5 Å². The van der Waals surface area contributed by atoms with Crippen molar-refractivity contribution in [2.75, 3.05) is 32.9 Å². The molecule has 2 saturated heterocycles. The average molecular weight is 608 g/mol. The van der Waals surface area contributed by atoms with E-state index in [1.807, 2.05) is 51.1 Å². The van der Waals surface area contributed by atoms with Crippen molar-refractivity contribution in [3.8, 4) is 11.5 Å². The number of carbonyl (C=O) groups is 4. The Balaban J connectivity index is 1.25. The number of ether oxygens (including phenoxy) is 3. The molecule has 2 heterocycles. The Labute approximate surface area is 259 Å². The number of epoxide rings is 1. The molecule has 0 radical (unpaired) electrons. The van der Waals surface area contributed by atoms with E-state index in [0.29, 0.717) is 56.9 Å². The minimum absolute atomic E-state index is 0.157. The van der Waals surface area contributed by atoms with E-state index in [1.54, 1.807) is 30.0 Å². The maximum Gasteiger partial charge on any atom is 0.258 e. The van der Waals surface area contributed by atoms with Crippen LogP contribution in [-0.2, 0) is 19.1 Å². The second-order valence-corrected chi connectivity index (χ2v) is 12.2. The molecule has 2 aromatic carbocycles. The summed E-state index contributed by atoms with van der Waals surface area (Å²) in [6.07, 6.45) is 3.19. The number of nitrogens with zero attached hydrogens (tertiary/aromatic N) is 1. The van der Waals surface area contributed by atoms with Crippen LogP contribution in [0.2, 0.25) is 0 Å². The van der Waals surface area contributed by atoms with Crippen LogP contribution in [0, 0.1) is 12.8 Å². The SMILES string of the molecule is Cc1ccc(OCCCCOc2ccccc2C(=O)N2CCCC2C(=O)NCC(=O)NC(CC(C)C)C(=O)C2(C)CO2)cc1. The summed E-state index contributed by atoms with van der Waals surface area (Å²) in [5, 5.41) is 5.43. The Bertz CT molecular complexity index is 1310. The van der Waals surface area contributed by atoms with Crippen molar-refractivity contribution in [3.05, 3.63) is 59.7 Å². The minimum Gasteiger partial charge on any atom is -0.494 e. The fourth-order valence-electron chi connectivity index (χ4n) is 5.27. The zero-order chi connectivity index (χ0) is 31.7. The summed E-state index contributed by atoms with van der Waals surface area (Å²) in [4.78, 5) is 53.8. The molecule has 0 aliphatic carbocycles. The lowest BCUT2D eigenvalue weighted by atomic mass is 9.93. The standard InChI is InChI=1S/C34H45N3O7/c1-23(2)20-27(31(39)34(4)22-44-34)36-30(38)21-35-32(40)28-11-9-17-37(28)33(41)26-10-5-6-12-29(26)43-19-8-7-18-42-25-15-13-24(3)14-16-25/h5-6,10,12-16,23,27-28H,7-9,11,17-22H2,1-4H3,(H,35,40)(H,36,38). The van der Waals surface area contributed by atoms with Gasteiger partial charge < -0.3 is 29.7 Å². The van der Waals surface area contributed by atoms with Gasteiger partial charge in [0.05, 0.1) is 38.0 Å². The van der Waals surface area contributed by atoms with Gasteiger partial charge in [-0.3, -0.25) is 19.2 Å². The van der Waals surface area contributed by atoms with Crippen LogP contribution >= 0.6 is 0 Å². The Morgan fingerprint density at radius 3 is 2.39 bits per heavy atom. The Morgan fingerprint density at radius 1 is 1.02 bits per heavy atom. The summed E-state index contributed by atoms with van der Waals surface area (Å²) in [5.41, 5.74) is 0.727. The van der Waals surface area contributed by atoms with Gasteiger partial charge in [0.2, 0.25) is 11.8 Å². The summed E-state index contributed by atoms with van der Waals surface area (Å²) in [6, 6.07) is 13.6. The molecule has 238 valence electrons. The molecule has 2 aromatic rings. The summed E-state index contributed by atoms with van der Waals surface area (Å²) in [6.45, 7) is 9.17. The number of hydrogen-bond donors (Lipinski definition) is 2.